The van der Waals surface area contributed by atoms with Gasteiger partial charge < -0.3 is 19.7 Å². The van der Waals surface area contributed by atoms with Crippen molar-refractivity contribution in [1.29, 1.82) is 0 Å². The van der Waals surface area contributed by atoms with Crippen LogP contribution < -0.4 is 14.8 Å². The first-order valence-corrected chi connectivity index (χ1v) is 8.99. The van der Waals surface area contributed by atoms with Crippen LogP contribution in [-0.2, 0) is 16.1 Å². The zero-order valence-electron chi connectivity index (χ0n) is 15.6. The minimum absolute atomic E-state index is 0.0413. The lowest BCUT2D eigenvalue weighted by molar-refractivity contribution is -0.274. The summed E-state index contributed by atoms with van der Waals surface area (Å²) in [5, 5.41) is 2.55. The van der Waals surface area contributed by atoms with Gasteiger partial charge in [0.25, 0.3) is 5.91 Å². The first-order chi connectivity index (χ1) is 14.2. The van der Waals surface area contributed by atoms with Crippen molar-refractivity contribution >= 4 is 11.8 Å². The van der Waals surface area contributed by atoms with Crippen molar-refractivity contribution in [3.63, 3.8) is 0 Å². The Morgan fingerprint density at radius 1 is 1.03 bits per heavy atom. The summed E-state index contributed by atoms with van der Waals surface area (Å²) in [4.78, 5) is 25.6. The van der Waals surface area contributed by atoms with Crippen molar-refractivity contribution in [2.45, 2.75) is 12.9 Å². The van der Waals surface area contributed by atoms with Gasteiger partial charge in [0.2, 0.25) is 5.91 Å². The lowest BCUT2D eigenvalue weighted by Crippen LogP contribution is -2.56. The molecule has 30 heavy (non-hydrogen) atoms. The first-order valence-electron chi connectivity index (χ1n) is 8.99. The molecule has 3 rings (SSSR count). The number of carbonyl (C=O) groups is 2. The Bertz CT molecular complexity index is 914. The van der Waals surface area contributed by atoms with E-state index >= 15 is 0 Å². The molecule has 0 aromatic heterocycles. The Labute approximate surface area is 169 Å². The maximum Gasteiger partial charge on any atom is 0.573 e. The van der Waals surface area contributed by atoms with Gasteiger partial charge in [0.15, 0.2) is 18.2 Å². The van der Waals surface area contributed by atoms with E-state index in [9.17, 15) is 27.2 Å². The van der Waals surface area contributed by atoms with E-state index in [1.165, 1.54) is 41.3 Å². The highest BCUT2D eigenvalue weighted by molar-refractivity contribution is 5.85. The Hall–Kier alpha value is -3.30. The summed E-state index contributed by atoms with van der Waals surface area (Å²) in [6, 6.07) is 11.2. The molecule has 2 amide bonds. The summed E-state index contributed by atoms with van der Waals surface area (Å²) in [6.45, 7) is -0.221. The molecule has 10 heteroatoms. The molecule has 1 heterocycles. The quantitative estimate of drug-likeness (QED) is 0.692. The minimum atomic E-state index is -4.83. The highest BCUT2D eigenvalue weighted by Crippen LogP contribution is 2.26. The molecule has 2 aromatic rings. The Morgan fingerprint density at radius 3 is 2.33 bits per heavy atom. The topological polar surface area (TPSA) is 67.9 Å². The van der Waals surface area contributed by atoms with Crippen LogP contribution in [0.2, 0.25) is 0 Å². The number of nitrogens with zero attached hydrogens (tertiary/aromatic N) is 1. The molecule has 1 N–H and O–H groups in total. The van der Waals surface area contributed by atoms with Gasteiger partial charge in [0, 0.05) is 25.2 Å². The molecule has 6 nitrogen and oxygen atoms in total. The third-order valence-corrected chi connectivity index (χ3v) is 4.44. The van der Waals surface area contributed by atoms with Crippen LogP contribution in [0, 0.1) is 11.7 Å². The number of rotatable bonds is 7. The predicted molar refractivity (Wildman–Crippen MR) is 96.9 cm³/mol. The molecule has 1 fully saturated rings. The Balaban J connectivity index is 1.44. The van der Waals surface area contributed by atoms with Crippen LogP contribution in [0.25, 0.3) is 0 Å². The number of hydrogen-bond acceptors (Lipinski definition) is 4. The fraction of sp³-hybridized carbons (Fsp3) is 0.300. The van der Waals surface area contributed by atoms with Crippen molar-refractivity contribution in [3.8, 4) is 11.5 Å². The molecule has 0 radical (unpaired) electrons. The van der Waals surface area contributed by atoms with Crippen LogP contribution in [0.5, 0.6) is 11.5 Å². The lowest BCUT2D eigenvalue weighted by Gasteiger charge is -2.38. The van der Waals surface area contributed by atoms with E-state index in [1.807, 2.05) is 0 Å². The summed E-state index contributed by atoms with van der Waals surface area (Å²) in [7, 11) is 0. The van der Waals surface area contributed by atoms with Crippen LogP contribution in [0.15, 0.2) is 48.5 Å². The number of benzene rings is 2. The number of hydrogen-bond donors (Lipinski definition) is 1. The second kappa shape index (κ2) is 9.02. The number of nitrogens with one attached hydrogen (secondary N) is 1. The van der Waals surface area contributed by atoms with Gasteiger partial charge in [-0.25, -0.2) is 4.39 Å². The molecule has 2 aromatic carbocycles. The minimum Gasteiger partial charge on any atom is -0.481 e. The standard InChI is InChI=1S/C20H18F4N2O4/c21-15-6-2-4-8-17(15)29-12-18(27)26-10-14(11-26)19(28)25-9-13-5-1-3-7-16(13)30-20(22,23)24/h1-8,14H,9-12H2,(H,25,28). The van der Waals surface area contributed by atoms with E-state index < -0.39 is 29.9 Å². The SMILES string of the molecule is O=C(NCc1ccccc1OC(F)(F)F)C1CN(C(=O)COc2ccccc2F)C1. The lowest BCUT2D eigenvalue weighted by atomic mass is 9.99. The summed E-state index contributed by atoms with van der Waals surface area (Å²) in [5.41, 5.74) is 0.175. The summed E-state index contributed by atoms with van der Waals surface area (Å²) in [5.74, 6) is -2.29. The molecular formula is C20H18F4N2O4. The molecule has 160 valence electrons. The Morgan fingerprint density at radius 2 is 1.67 bits per heavy atom. The number of halogens is 4. The van der Waals surface area contributed by atoms with Crippen molar-refractivity contribution in [1.82, 2.24) is 10.2 Å². The molecule has 1 aliphatic rings. The van der Waals surface area contributed by atoms with Gasteiger partial charge in [-0.15, -0.1) is 13.2 Å². The fourth-order valence-corrected chi connectivity index (χ4v) is 2.84. The predicted octanol–water partition coefficient (Wildman–Crippen LogP) is 2.88. The van der Waals surface area contributed by atoms with Gasteiger partial charge in [-0.3, -0.25) is 9.59 Å². The van der Waals surface area contributed by atoms with Gasteiger partial charge in [-0.1, -0.05) is 30.3 Å². The first kappa shape index (κ1) is 21.4. The zero-order chi connectivity index (χ0) is 21.7. The highest BCUT2D eigenvalue weighted by Gasteiger charge is 2.36. The van der Waals surface area contributed by atoms with Gasteiger partial charge in [0.05, 0.1) is 5.92 Å². The summed E-state index contributed by atoms with van der Waals surface area (Å²) < 4.78 is 59.9. The number of likely N-dealkylation sites (tertiary alicyclic amines) is 1. The van der Waals surface area contributed by atoms with Crippen LogP contribution in [0.4, 0.5) is 17.6 Å². The second-order valence-corrected chi connectivity index (χ2v) is 6.59. The summed E-state index contributed by atoms with van der Waals surface area (Å²) in [6.07, 6.45) is -4.83. The zero-order valence-corrected chi connectivity index (χ0v) is 15.6. The number of amides is 2. The van der Waals surface area contributed by atoms with Crippen molar-refractivity contribution in [2.75, 3.05) is 19.7 Å². The van der Waals surface area contributed by atoms with Crippen molar-refractivity contribution in [3.05, 3.63) is 59.9 Å². The molecule has 1 aliphatic heterocycles. The number of ether oxygens (including phenoxy) is 2. The van der Waals surface area contributed by atoms with Crippen LogP contribution in [0.1, 0.15) is 5.56 Å². The maximum atomic E-state index is 13.5. The Kier molecular flexibility index (Phi) is 6.43. The second-order valence-electron chi connectivity index (χ2n) is 6.59. The number of para-hydroxylation sites is 2. The molecule has 0 saturated carbocycles. The van der Waals surface area contributed by atoms with Crippen molar-refractivity contribution < 1.29 is 36.6 Å². The van der Waals surface area contributed by atoms with Crippen LogP contribution in [-0.4, -0.2) is 42.8 Å². The number of alkyl halides is 3. The van der Waals surface area contributed by atoms with E-state index in [4.69, 9.17) is 4.74 Å². The molecule has 0 unspecified atom stereocenters. The van der Waals surface area contributed by atoms with Gasteiger partial charge >= 0.3 is 6.36 Å². The molecular weight excluding hydrogens is 408 g/mol. The third kappa shape index (κ3) is 5.62. The van der Waals surface area contributed by atoms with E-state index in [1.54, 1.807) is 6.07 Å². The number of carbonyl (C=O) groups excluding carboxylic acids is 2. The molecule has 0 spiro atoms. The van der Waals surface area contributed by atoms with Crippen molar-refractivity contribution in [2.24, 2.45) is 5.92 Å². The summed E-state index contributed by atoms with van der Waals surface area (Å²) >= 11 is 0. The maximum absolute atomic E-state index is 13.5. The van der Waals surface area contributed by atoms with Gasteiger partial charge in [0.1, 0.15) is 5.75 Å². The van der Waals surface area contributed by atoms with Gasteiger partial charge in [-0.2, -0.15) is 0 Å². The normalized spacial score (nSPS) is 14.1. The highest BCUT2D eigenvalue weighted by atomic mass is 19.4. The average Bonchev–Trinajstić information content (AvgIpc) is 2.64. The van der Waals surface area contributed by atoms with Crippen LogP contribution >= 0.6 is 0 Å². The van der Waals surface area contributed by atoms with E-state index in [-0.39, 0.29) is 43.3 Å². The van der Waals surface area contributed by atoms with E-state index in [0.29, 0.717) is 0 Å². The van der Waals surface area contributed by atoms with Gasteiger partial charge in [-0.05, 0) is 18.2 Å². The molecule has 0 atom stereocenters. The monoisotopic (exact) mass is 426 g/mol. The smallest absolute Gasteiger partial charge is 0.481 e. The van der Waals surface area contributed by atoms with Crippen LogP contribution in [0.3, 0.4) is 0 Å². The average molecular weight is 426 g/mol. The molecule has 0 aliphatic carbocycles. The molecule has 0 bridgehead atoms. The van der Waals surface area contributed by atoms with E-state index in [2.05, 4.69) is 10.1 Å². The van der Waals surface area contributed by atoms with E-state index in [0.717, 1.165) is 6.07 Å². The largest absolute Gasteiger partial charge is 0.573 e. The molecule has 1 saturated heterocycles. The third-order valence-electron chi connectivity index (χ3n) is 4.44. The fourth-order valence-electron chi connectivity index (χ4n) is 2.84.